The molecule has 1 atom stereocenters. The third-order valence-corrected chi connectivity index (χ3v) is 3.21. The van der Waals surface area contributed by atoms with Crippen molar-refractivity contribution in [1.29, 1.82) is 0 Å². The summed E-state index contributed by atoms with van der Waals surface area (Å²) >= 11 is 0. The first-order valence-corrected chi connectivity index (χ1v) is 7.08. The van der Waals surface area contributed by atoms with E-state index in [1.807, 2.05) is 38.9 Å². The molecule has 1 aromatic heterocycles. The molecule has 1 aliphatic heterocycles. The Bertz CT molecular complexity index is 574. The standard InChI is InChI=1S/C15H22N4O2/c1-6-20-12(4)19-9-13(8-17-19)14-15(21-7-2)11(3)18(5)10-16-14/h8-10,12H,3,6-7H2,1-2,4-5H3. The SMILES string of the molecule is C=C1C(OCC)=C(c2cnn(C(C)OCC)c2)N=CN1C. The summed E-state index contributed by atoms with van der Waals surface area (Å²) < 4.78 is 13.0. The first-order chi connectivity index (χ1) is 10.1. The average molecular weight is 290 g/mol. The average Bonchev–Trinajstić information content (AvgIpc) is 2.94. The largest absolute Gasteiger partial charge is 0.489 e. The van der Waals surface area contributed by atoms with Gasteiger partial charge < -0.3 is 14.4 Å². The summed E-state index contributed by atoms with van der Waals surface area (Å²) in [6.07, 6.45) is 5.28. The van der Waals surface area contributed by atoms with Crippen LogP contribution in [0.2, 0.25) is 0 Å². The van der Waals surface area contributed by atoms with Gasteiger partial charge in [-0.2, -0.15) is 5.10 Å². The third kappa shape index (κ3) is 3.16. The topological polar surface area (TPSA) is 51.9 Å². The van der Waals surface area contributed by atoms with Crippen molar-refractivity contribution in [2.75, 3.05) is 20.3 Å². The molecule has 0 bridgehead atoms. The van der Waals surface area contributed by atoms with Crippen LogP contribution in [0.15, 0.2) is 35.4 Å². The molecule has 6 heteroatoms. The number of aliphatic imine (C=N–C) groups is 1. The summed E-state index contributed by atoms with van der Waals surface area (Å²) in [6.45, 7) is 11.1. The van der Waals surface area contributed by atoms with Gasteiger partial charge in [0, 0.05) is 25.4 Å². The summed E-state index contributed by atoms with van der Waals surface area (Å²) in [7, 11) is 1.89. The van der Waals surface area contributed by atoms with Gasteiger partial charge in [-0.15, -0.1) is 0 Å². The number of hydrogen-bond acceptors (Lipinski definition) is 5. The summed E-state index contributed by atoms with van der Waals surface area (Å²) in [6, 6.07) is 0. The lowest BCUT2D eigenvalue weighted by Crippen LogP contribution is -2.21. The second kappa shape index (κ2) is 6.58. The molecular formula is C15H22N4O2. The molecule has 0 aromatic carbocycles. The van der Waals surface area contributed by atoms with Crippen LogP contribution in [0.3, 0.4) is 0 Å². The van der Waals surface area contributed by atoms with E-state index in [1.54, 1.807) is 17.2 Å². The summed E-state index contributed by atoms with van der Waals surface area (Å²) in [5.41, 5.74) is 2.41. The van der Waals surface area contributed by atoms with Crippen LogP contribution >= 0.6 is 0 Å². The van der Waals surface area contributed by atoms with Gasteiger partial charge in [0.25, 0.3) is 0 Å². The molecule has 0 spiro atoms. The third-order valence-electron chi connectivity index (χ3n) is 3.21. The molecular weight excluding hydrogens is 268 g/mol. The molecule has 0 saturated carbocycles. The maximum absolute atomic E-state index is 5.71. The number of nitrogens with zero attached hydrogens (tertiary/aromatic N) is 4. The fourth-order valence-electron chi connectivity index (χ4n) is 2.05. The minimum absolute atomic E-state index is 0.113. The monoisotopic (exact) mass is 290 g/mol. The molecule has 0 radical (unpaired) electrons. The van der Waals surface area contributed by atoms with E-state index in [9.17, 15) is 0 Å². The number of aromatic nitrogens is 2. The smallest absolute Gasteiger partial charge is 0.168 e. The fourth-order valence-corrected chi connectivity index (χ4v) is 2.05. The Morgan fingerprint density at radius 1 is 1.33 bits per heavy atom. The number of hydrogen-bond donors (Lipinski definition) is 0. The molecule has 6 nitrogen and oxygen atoms in total. The van der Waals surface area contributed by atoms with Crippen molar-refractivity contribution in [2.24, 2.45) is 4.99 Å². The van der Waals surface area contributed by atoms with Crippen LogP contribution in [0.25, 0.3) is 5.70 Å². The first kappa shape index (κ1) is 15.3. The molecule has 1 aromatic rings. The van der Waals surface area contributed by atoms with Gasteiger partial charge in [0.2, 0.25) is 0 Å². The molecule has 2 heterocycles. The second-order valence-electron chi connectivity index (χ2n) is 4.68. The minimum atomic E-state index is -0.113. The molecule has 0 aliphatic carbocycles. The summed E-state index contributed by atoms with van der Waals surface area (Å²) in [5.74, 6) is 0.686. The maximum Gasteiger partial charge on any atom is 0.168 e. The van der Waals surface area contributed by atoms with Crippen molar-refractivity contribution >= 4 is 12.0 Å². The van der Waals surface area contributed by atoms with Crippen LogP contribution in [-0.2, 0) is 9.47 Å². The molecule has 1 aliphatic rings. The predicted octanol–water partition coefficient (Wildman–Crippen LogP) is 2.63. The van der Waals surface area contributed by atoms with E-state index in [1.165, 1.54) is 0 Å². The molecule has 21 heavy (non-hydrogen) atoms. The number of likely N-dealkylation sites (N-methyl/N-ethyl adjacent to an activating group) is 1. The van der Waals surface area contributed by atoms with Crippen molar-refractivity contribution in [2.45, 2.75) is 27.0 Å². The van der Waals surface area contributed by atoms with E-state index in [4.69, 9.17) is 9.47 Å². The van der Waals surface area contributed by atoms with Gasteiger partial charge in [0.1, 0.15) is 11.9 Å². The Balaban J connectivity index is 2.34. The molecule has 0 fully saturated rings. The van der Waals surface area contributed by atoms with Crippen LogP contribution < -0.4 is 0 Å². The lowest BCUT2D eigenvalue weighted by molar-refractivity contribution is 0.0159. The Kier molecular flexibility index (Phi) is 4.80. The van der Waals surface area contributed by atoms with Crippen LogP contribution in [0.5, 0.6) is 0 Å². The lowest BCUT2D eigenvalue weighted by atomic mass is 10.2. The lowest BCUT2D eigenvalue weighted by Gasteiger charge is -2.24. The molecule has 2 rings (SSSR count). The Labute approximate surface area is 125 Å². The van der Waals surface area contributed by atoms with Crippen molar-refractivity contribution in [3.05, 3.63) is 36.0 Å². The molecule has 0 N–H and O–H groups in total. The van der Waals surface area contributed by atoms with Gasteiger partial charge in [-0.1, -0.05) is 6.58 Å². The normalized spacial score (nSPS) is 16.6. The van der Waals surface area contributed by atoms with Crippen molar-refractivity contribution in [3.8, 4) is 0 Å². The van der Waals surface area contributed by atoms with Gasteiger partial charge in [0.05, 0.1) is 24.8 Å². The fraction of sp³-hybridized carbons (Fsp3) is 0.467. The highest BCUT2D eigenvalue weighted by atomic mass is 16.5. The number of rotatable bonds is 6. The summed E-state index contributed by atoms with van der Waals surface area (Å²) in [4.78, 5) is 6.29. The van der Waals surface area contributed by atoms with Gasteiger partial charge in [-0.05, 0) is 20.8 Å². The molecule has 1 unspecified atom stereocenters. The van der Waals surface area contributed by atoms with E-state index in [0.29, 0.717) is 19.0 Å². The van der Waals surface area contributed by atoms with Gasteiger partial charge >= 0.3 is 0 Å². The van der Waals surface area contributed by atoms with Crippen molar-refractivity contribution < 1.29 is 9.47 Å². The van der Waals surface area contributed by atoms with Crippen molar-refractivity contribution in [1.82, 2.24) is 14.7 Å². The molecule has 0 amide bonds. The second-order valence-corrected chi connectivity index (χ2v) is 4.68. The maximum atomic E-state index is 5.71. The van der Waals surface area contributed by atoms with Crippen LogP contribution in [0, 0.1) is 0 Å². The molecule has 0 saturated heterocycles. The quantitative estimate of drug-likeness (QED) is 0.808. The van der Waals surface area contributed by atoms with E-state index in [2.05, 4.69) is 16.7 Å². The van der Waals surface area contributed by atoms with Crippen LogP contribution in [0.1, 0.15) is 32.6 Å². The Hall–Kier alpha value is -2.08. The van der Waals surface area contributed by atoms with Crippen LogP contribution in [-0.4, -0.2) is 41.3 Å². The Morgan fingerprint density at radius 2 is 2.10 bits per heavy atom. The Morgan fingerprint density at radius 3 is 2.76 bits per heavy atom. The molecule has 114 valence electrons. The highest BCUT2D eigenvalue weighted by Gasteiger charge is 2.21. The van der Waals surface area contributed by atoms with E-state index >= 15 is 0 Å². The van der Waals surface area contributed by atoms with E-state index < -0.39 is 0 Å². The van der Waals surface area contributed by atoms with Gasteiger partial charge in [-0.3, -0.25) is 0 Å². The number of ether oxygens (including phenoxy) is 2. The van der Waals surface area contributed by atoms with Gasteiger partial charge in [0.15, 0.2) is 5.76 Å². The van der Waals surface area contributed by atoms with Gasteiger partial charge in [-0.25, -0.2) is 9.67 Å². The van der Waals surface area contributed by atoms with Crippen molar-refractivity contribution in [3.63, 3.8) is 0 Å². The predicted molar refractivity (Wildman–Crippen MR) is 82.5 cm³/mol. The zero-order chi connectivity index (χ0) is 15.4. The highest BCUT2D eigenvalue weighted by Crippen LogP contribution is 2.29. The highest BCUT2D eigenvalue weighted by molar-refractivity contribution is 5.80. The first-order valence-electron chi connectivity index (χ1n) is 7.08. The minimum Gasteiger partial charge on any atom is -0.489 e. The zero-order valence-electron chi connectivity index (χ0n) is 13.0. The zero-order valence-corrected chi connectivity index (χ0v) is 13.0. The van der Waals surface area contributed by atoms with E-state index in [-0.39, 0.29) is 6.23 Å². The van der Waals surface area contributed by atoms with E-state index in [0.717, 1.165) is 17.0 Å². The summed E-state index contributed by atoms with van der Waals surface area (Å²) in [5, 5.41) is 4.33. The van der Waals surface area contributed by atoms with Crippen LogP contribution in [0.4, 0.5) is 0 Å².